The van der Waals surface area contributed by atoms with E-state index >= 15 is 0 Å². The van der Waals surface area contributed by atoms with Gasteiger partial charge >= 0.3 is 6.09 Å². The van der Waals surface area contributed by atoms with Crippen molar-refractivity contribution in [1.29, 1.82) is 0 Å². The maximum atomic E-state index is 12.6. The highest BCUT2D eigenvalue weighted by molar-refractivity contribution is 6.16. The summed E-state index contributed by atoms with van der Waals surface area (Å²) in [5.41, 5.74) is 3.30. The van der Waals surface area contributed by atoms with E-state index in [1.165, 1.54) is 0 Å². The van der Waals surface area contributed by atoms with E-state index in [1.807, 2.05) is 48.7 Å². The van der Waals surface area contributed by atoms with E-state index in [9.17, 15) is 4.79 Å². The molecule has 1 saturated carbocycles. The minimum Gasteiger partial charge on any atom is -0.445 e. The van der Waals surface area contributed by atoms with Crippen LogP contribution in [0.15, 0.2) is 48.7 Å². The number of alkyl carbamates (subject to hydrolysis) is 1. The maximum Gasteiger partial charge on any atom is 0.408 e. The predicted molar refractivity (Wildman–Crippen MR) is 116 cm³/mol. The van der Waals surface area contributed by atoms with E-state index in [4.69, 9.17) is 21.3 Å². The monoisotopic (exact) mass is 426 g/mol. The van der Waals surface area contributed by atoms with Crippen LogP contribution >= 0.6 is 11.6 Å². The van der Waals surface area contributed by atoms with Crippen molar-refractivity contribution < 1.29 is 9.53 Å². The summed E-state index contributed by atoms with van der Waals surface area (Å²) in [5.74, 6) is 1.39. The summed E-state index contributed by atoms with van der Waals surface area (Å²) in [4.78, 5) is 17.4. The van der Waals surface area contributed by atoms with Crippen molar-refractivity contribution in [2.24, 2.45) is 11.8 Å². The molecular weight excluding hydrogens is 400 g/mol. The Kier molecular flexibility index (Phi) is 6.53. The first-order valence-electron chi connectivity index (χ1n) is 10.5. The first-order chi connectivity index (χ1) is 14.6. The highest BCUT2D eigenvalue weighted by atomic mass is 35.5. The molecule has 4 rings (SSSR count). The van der Waals surface area contributed by atoms with Gasteiger partial charge in [-0.05, 0) is 42.4 Å². The van der Waals surface area contributed by atoms with Crippen LogP contribution in [0.3, 0.4) is 0 Å². The summed E-state index contributed by atoms with van der Waals surface area (Å²) in [6.45, 7) is 2.53. The van der Waals surface area contributed by atoms with Gasteiger partial charge in [-0.3, -0.25) is 0 Å². The second-order valence-electron chi connectivity index (χ2n) is 8.13. The van der Waals surface area contributed by atoms with Crippen molar-refractivity contribution in [2.45, 2.75) is 51.1 Å². The van der Waals surface area contributed by atoms with Crippen LogP contribution < -0.4 is 5.32 Å². The molecule has 1 aliphatic carbocycles. The number of rotatable bonds is 6. The minimum atomic E-state index is -0.422. The van der Waals surface area contributed by atoms with Crippen LogP contribution in [0.2, 0.25) is 0 Å². The van der Waals surface area contributed by atoms with Crippen LogP contribution in [0, 0.1) is 11.8 Å². The van der Waals surface area contributed by atoms with Crippen LogP contribution in [-0.2, 0) is 17.2 Å². The molecule has 158 valence electrons. The number of hydrogen-bond donors (Lipinski definition) is 1. The molecule has 1 aromatic carbocycles. The molecule has 1 N–H and O–H groups in total. The second kappa shape index (κ2) is 9.47. The number of aromatic nitrogens is 3. The van der Waals surface area contributed by atoms with E-state index in [1.54, 1.807) is 4.52 Å². The second-order valence-corrected chi connectivity index (χ2v) is 8.40. The predicted octanol–water partition coefficient (Wildman–Crippen LogP) is 5.26. The van der Waals surface area contributed by atoms with Gasteiger partial charge in [-0.2, -0.15) is 5.10 Å². The number of benzene rings is 1. The lowest BCUT2D eigenvalue weighted by Gasteiger charge is -2.32. The normalized spacial score (nSPS) is 20.1. The average molecular weight is 427 g/mol. The van der Waals surface area contributed by atoms with Crippen LogP contribution in [0.5, 0.6) is 0 Å². The third-order valence-electron chi connectivity index (χ3n) is 5.87. The highest BCUT2D eigenvalue weighted by Crippen LogP contribution is 2.36. The summed E-state index contributed by atoms with van der Waals surface area (Å²) in [6, 6.07) is 13.3. The summed E-state index contributed by atoms with van der Waals surface area (Å²) >= 11 is 5.92. The SMILES string of the molecule is CC1CCC([C@H](NC(=O)OCc2ccccc2)c2cn3nc(CCl)ccc3n2)CC1. The fourth-order valence-electron chi connectivity index (χ4n) is 4.11. The molecule has 3 aromatic rings. The first kappa shape index (κ1) is 20.7. The molecule has 0 saturated heterocycles. The van der Waals surface area contributed by atoms with Crippen LogP contribution in [-0.4, -0.2) is 20.7 Å². The number of carbonyl (C=O) groups excluding carboxylic acids is 1. The molecule has 7 heteroatoms. The molecule has 1 aliphatic rings. The summed E-state index contributed by atoms with van der Waals surface area (Å²) < 4.78 is 7.22. The Morgan fingerprint density at radius 1 is 1.20 bits per heavy atom. The number of nitrogens with one attached hydrogen (secondary N) is 1. The van der Waals surface area contributed by atoms with E-state index in [0.717, 1.165) is 54.2 Å². The Morgan fingerprint density at radius 3 is 2.70 bits per heavy atom. The Morgan fingerprint density at radius 2 is 1.97 bits per heavy atom. The standard InChI is InChI=1S/C23H27ClN4O2/c1-16-7-9-18(10-8-16)22(26-23(29)30-15-17-5-3-2-4-6-17)20-14-28-21(25-20)12-11-19(13-24)27-28/h2-6,11-12,14,16,18,22H,7-10,13,15H2,1H3,(H,26,29)/t16?,18?,22-/m0/s1. The lowest BCUT2D eigenvalue weighted by Crippen LogP contribution is -2.35. The van der Waals surface area contributed by atoms with Crippen LogP contribution in [0.4, 0.5) is 4.79 Å². The summed E-state index contributed by atoms with van der Waals surface area (Å²) in [7, 11) is 0. The molecule has 1 fully saturated rings. The van der Waals surface area contributed by atoms with Gasteiger partial charge in [-0.15, -0.1) is 11.6 Å². The third-order valence-corrected chi connectivity index (χ3v) is 6.14. The molecule has 1 atom stereocenters. The Labute approximate surface area is 181 Å². The fraction of sp³-hybridized carbons (Fsp3) is 0.435. The van der Waals surface area contributed by atoms with Crippen molar-refractivity contribution in [3.05, 3.63) is 65.6 Å². The Bertz CT molecular complexity index is 983. The van der Waals surface area contributed by atoms with E-state index in [2.05, 4.69) is 17.3 Å². The molecule has 30 heavy (non-hydrogen) atoms. The zero-order chi connectivity index (χ0) is 20.9. The van der Waals surface area contributed by atoms with Gasteiger partial charge in [0.1, 0.15) is 6.61 Å². The van der Waals surface area contributed by atoms with Gasteiger partial charge in [0.2, 0.25) is 0 Å². The van der Waals surface area contributed by atoms with Crippen molar-refractivity contribution in [1.82, 2.24) is 19.9 Å². The van der Waals surface area contributed by atoms with Gasteiger partial charge in [0.05, 0.1) is 29.5 Å². The Balaban J connectivity index is 1.52. The van der Waals surface area contributed by atoms with Crippen molar-refractivity contribution in [2.75, 3.05) is 0 Å². The number of nitrogens with zero attached hydrogens (tertiary/aromatic N) is 3. The zero-order valence-electron chi connectivity index (χ0n) is 17.1. The molecule has 0 spiro atoms. The van der Waals surface area contributed by atoms with Gasteiger partial charge in [0, 0.05) is 0 Å². The van der Waals surface area contributed by atoms with Crippen molar-refractivity contribution in [3.8, 4) is 0 Å². The minimum absolute atomic E-state index is 0.207. The maximum absolute atomic E-state index is 12.6. The summed E-state index contributed by atoms with van der Waals surface area (Å²) in [5, 5.41) is 7.57. The van der Waals surface area contributed by atoms with Crippen LogP contribution in [0.1, 0.15) is 55.6 Å². The third kappa shape index (κ3) is 4.93. The molecule has 6 nitrogen and oxygen atoms in total. The number of halogens is 1. The number of fused-ring (bicyclic) bond motifs is 1. The number of amides is 1. The zero-order valence-corrected chi connectivity index (χ0v) is 17.9. The number of hydrogen-bond acceptors (Lipinski definition) is 4. The van der Waals surface area contributed by atoms with Crippen molar-refractivity contribution in [3.63, 3.8) is 0 Å². The van der Waals surface area contributed by atoms with Crippen molar-refractivity contribution >= 4 is 23.3 Å². The molecule has 2 aromatic heterocycles. The Hall–Kier alpha value is -2.60. The number of alkyl halides is 1. The molecule has 0 unspecified atom stereocenters. The highest BCUT2D eigenvalue weighted by Gasteiger charge is 2.31. The van der Waals surface area contributed by atoms with E-state index in [-0.39, 0.29) is 12.6 Å². The molecule has 0 radical (unpaired) electrons. The number of carbonyl (C=O) groups is 1. The van der Waals surface area contributed by atoms with Gasteiger partial charge in [0.15, 0.2) is 5.65 Å². The number of ether oxygens (including phenoxy) is 1. The smallest absolute Gasteiger partial charge is 0.408 e. The fourth-order valence-corrected chi connectivity index (χ4v) is 4.25. The lowest BCUT2D eigenvalue weighted by molar-refractivity contribution is 0.126. The largest absolute Gasteiger partial charge is 0.445 e. The summed E-state index contributed by atoms with van der Waals surface area (Å²) in [6.07, 6.45) is 5.89. The average Bonchev–Trinajstić information content (AvgIpc) is 3.20. The first-order valence-corrected chi connectivity index (χ1v) is 11.0. The topological polar surface area (TPSA) is 68.5 Å². The molecule has 0 bridgehead atoms. The quantitative estimate of drug-likeness (QED) is 0.545. The van der Waals surface area contributed by atoms with Gasteiger partial charge < -0.3 is 10.1 Å². The van der Waals surface area contributed by atoms with Gasteiger partial charge in [-0.25, -0.2) is 14.3 Å². The molecular formula is C23H27ClN4O2. The van der Waals surface area contributed by atoms with Gasteiger partial charge in [0.25, 0.3) is 0 Å². The van der Waals surface area contributed by atoms with E-state index < -0.39 is 6.09 Å². The number of imidazole rings is 1. The molecule has 0 aliphatic heterocycles. The molecule has 1 amide bonds. The van der Waals surface area contributed by atoms with Gasteiger partial charge in [-0.1, -0.05) is 50.1 Å². The van der Waals surface area contributed by atoms with Crippen LogP contribution in [0.25, 0.3) is 5.65 Å². The van der Waals surface area contributed by atoms with E-state index in [0.29, 0.717) is 11.8 Å². The molecule has 2 heterocycles. The lowest BCUT2D eigenvalue weighted by atomic mass is 9.78.